The molecule has 3 amide bonds. The molecule has 27 heavy (non-hydrogen) atoms. The van der Waals surface area contributed by atoms with Gasteiger partial charge in [-0.15, -0.1) is 12.4 Å². The van der Waals surface area contributed by atoms with E-state index in [2.05, 4.69) is 21.3 Å². The fraction of sp³-hybridized carbons (Fsp3) is 0.263. The minimum atomic E-state index is -0.345. The maximum atomic E-state index is 12.2. The molecule has 1 fully saturated rings. The highest BCUT2D eigenvalue weighted by Gasteiger charge is 2.21. The molecule has 1 aliphatic rings. The zero-order valence-corrected chi connectivity index (χ0v) is 16.2. The number of rotatable bonds is 5. The third-order valence-electron chi connectivity index (χ3n) is 4.15. The van der Waals surface area contributed by atoms with Crippen LogP contribution in [0.3, 0.4) is 0 Å². The van der Waals surface area contributed by atoms with Crippen molar-refractivity contribution in [3.05, 3.63) is 59.1 Å². The van der Waals surface area contributed by atoms with Gasteiger partial charge in [0.15, 0.2) is 0 Å². The van der Waals surface area contributed by atoms with Crippen molar-refractivity contribution < 1.29 is 9.59 Å². The van der Waals surface area contributed by atoms with E-state index >= 15 is 0 Å². The molecule has 0 saturated carbocycles. The average Bonchev–Trinajstić information content (AvgIpc) is 3.17. The molecule has 8 heteroatoms. The number of amides is 3. The van der Waals surface area contributed by atoms with Gasteiger partial charge < -0.3 is 21.3 Å². The molecule has 1 heterocycles. The molecular weight excluding hydrogens is 387 g/mol. The number of carbonyl (C=O) groups excluding carboxylic acids is 2. The van der Waals surface area contributed by atoms with Gasteiger partial charge >= 0.3 is 6.03 Å². The maximum Gasteiger partial charge on any atom is 0.319 e. The number of hydrogen-bond acceptors (Lipinski definition) is 3. The average molecular weight is 409 g/mol. The molecule has 1 unspecified atom stereocenters. The van der Waals surface area contributed by atoms with Gasteiger partial charge in [-0.25, -0.2) is 4.79 Å². The molecule has 1 aliphatic heterocycles. The molecule has 1 atom stereocenters. The number of halogens is 2. The molecule has 144 valence electrons. The molecule has 0 aromatic heterocycles. The van der Waals surface area contributed by atoms with Gasteiger partial charge in [0, 0.05) is 12.2 Å². The quantitative estimate of drug-likeness (QED) is 0.607. The number of carbonyl (C=O) groups is 2. The molecule has 3 rings (SSSR count). The minimum Gasteiger partial charge on any atom is -0.334 e. The molecule has 0 spiro atoms. The van der Waals surface area contributed by atoms with E-state index in [9.17, 15) is 9.59 Å². The largest absolute Gasteiger partial charge is 0.334 e. The Kier molecular flexibility index (Phi) is 7.91. The summed E-state index contributed by atoms with van der Waals surface area (Å²) >= 11 is 6.02. The highest BCUT2D eigenvalue weighted by Crippen LogP contribution is 2.20. The van der Waals surface area contributed by atoms with Crippen molar-refractivity contribution in [2.45, 2.75) is 25.4 Å². The molecule has 6 nitrogen and oxygen atoms in total. The number of urea groups is 1. The van der Waals surface area contributed by atoms with Crippen LogP contribution in [0.5, 0.6) is 0 Å². The first-order chi connectivity index (χ1) is 12.6. The molecule has 0 bridgehead atoms. The van der Waals surface area contributed by atoms with E-state index in [1.165, 1.54) is 0 Å². The summed E-state index contributed by atoms with van der Waals surface area (Å²) in [5.74, 6) is -0.0240. The SMILES string of the molecule is Cl.O=C(NCc1cccc(NC(=O)C2CCCN2)c1)Nc1ccccc1Cl. The van der Waals surface area contributed by atoms with Crippen LogP contribution < -0.4 is 21.3 Å². The molecule has 0 aliphatic carbocycles. The van der Waals surface area contributed by atoms with Gasteiger partial charge in [0.25, 0.3) is 0 Å². The summed E-state index contributed by atoms with van der Waals surface area (Å²) in [7, 11) is 0. The van der Waals surface area contributed by atoms with Crippen LogP contribution in [0.15, 0.2) is 48.5 Å². The van der Waals surface area contributed by atoms with E-state index in [1.54, 1.807) is 24.3 Å². The van der Waals surface area contributed by atoms with Gasteiger partial charge in [-0.3, -0.25) is 4.79 Å². The Bertz CT molecular complexity index is 795. The lowest BCUT2D eigenvalue weighted by Crippen LogP contribution is -2.35. The smallest absolute Gasteiger partial charge is 0.319 e. The van der Waals surface area contributed by atoms with Crippen molar-refractivity contribution in [2.24, 2.45) is 0 Å². The van der Waals surface area contributed by atoms with E-state index in [0.717, 1.165) is 30.6 Å². The Labute approximate surface area is 169 Å². The van der Waals surface area contributed by atoms with E-state index in [-0.39, 0.29) is 30.4 Å². The second kappa shape index (κ2) is 10.2. The highest BCUT2D eigenvalue weighted by atomic mass is 35.5. The third-order valence-corrected chi connectivity index (χ3v) is 4.48. The van der Waals surface area contributed by atoms with E-state index in [1.807, 2.05) is 24.3 Å². The van der Waals surface area contributed by atoms with Crippen molar-refractivity contribution >= 4 is 47.3 Å². The highest BCUT2D eigenvalue weighted by molar-refractivity contribution is 6.33. The van der Waals surface area contributed by atoms with Crippen LogP contribution in [0.1, 0.15) is 18.4 Å². The Hall–Kier alpha value is -2.28. The number of nitrogens with one attached hydrogen (secondary N) is 4. The zero-order chi connectivity index (χ0) is 18.4. The lowest BCUT2D eigenvalue weighted by Gasteiger charge is -2.12. The summed E-state index contributed by atoms with van der Waals surface area (Å²) in [5, 5.41) is 12.0. The second-order valence-corrected chi connectivity index (χ2v) is 6.53. The summed E-state index contributed by atoms with van der Waals surface area (Å²) in [6.07, 6.45) is 1.87. The maximum absolute atomic E-state index is 12.2. The predicted octanol–water partition coefficient (Wildman–Crippen LogP) is 3.77. The third kappa shape index (κ3) is 6.13. The van der Waals surface area contributed by atoms with E-state index in [4.69, 9.17) is 11.6 Å². The van der Waals surface area contributed by atoms with Crippen LogP contribution in [-0.2, 0) is 11.3 Å². The number of anilines is 2. The summed E-state index contributed by atoms with van der Waals surface area (Å²) in [6, 6.07) is 14.0. The molecule has 2 aromatic rings. The van der Waals surface area contributed by atoms with Crippen molar-refractivity contribution in [3.63, 3.8) is 0 Å². The van der Waals surface area contributed by atoms with Gasteiger partial charge in [0.05, 0.1) is 16.8 Å². The van der Waals surface area contributed by atoms with Gasteiger partial charge in [0.2, 0.25) is 5.91 Å². The lowest BCUT2D eigenvalue weighted by atomic mass is 10.1. The molecule has 0 radical (unpaired) electrons. The van der Waals surface area contributed by atoms with Crippen molar-refractivity contribution in [1.82, 2.24) is 10.6 Å². The molecule has 2 aromatic carbocycles. The summed E-state index contributed by atoms with van der Waals surface area (Å²) in [4.78, 5) is 24.2. The Morgan fingerprint density at radius 2 is 1.93 bits per heavy atom. The van der Waals surface area contributed by atoms with E-state index < -0.39 is 0 Å². The summed E-state index contributed by atoms with van der Waals surface area (Å²) in [5.41, 5.74) is 2.16. The van der Waals surface area contributed by atoms with Gasteiger partial charge in [-0.2, -0.15) is 0 Å². The van der Waals surface area contributed by atoms with Crippen LogP contribution >= 0.6 is 24.0 Å². The summed E-state index contributed by atoms with van der Waals surface area (Å²) < 4.78 is 0. The van der Waals surface area contributed by atoms with Crippen molar-refractivity contribution in [3.8, 4) is 0 Å². The fourth-order valence-corrected chi connectivity index (χ4v) is 2.99. The fourth-order valence-electron chi connectivity index (χ4n) is 2.81. The lowest BCUT2D eigenvalue weighted by molar-refractivity contribution is -0.117. The number of hydrogen-bond donors (Lipinski definition) is 4. The monoisotopic (exact) mass is 408 g/mol. The Morgan fingerprint density at radius 1 is 1.11 bits per heavy atom. The standard InChI is InChI=1S/C19H21ClN4O2.ClH/c20-15-7-1-2-8-16(15)24-19(26)22-12-13-5-3-6-14(11-13)23-18(25)17-9-4-10-21-17;/h1-3,5-8,11,17,21H,4,9-10,12H2,(H,23,25)(H2,22,24,26);1H. The van der Waals surface area contributed by atoms with Crippen LogP contribution in [0.4, 0.5) is 16.2 Å². The van der Waals surface area contributed by atoms with Crippen LogP contribution in [-0.4, -0.2) is 24.5 Å². The van der Waals surface area contributed by atoms with Gasteiger partial charge in [-0.1, -0.05) is 35.9 Å². The Morgan fingerprint density at radius 3 is 2.67 bits per heavy atom. The first-order valence-corrected chi connectivity index (χ1v) is 8.92. The number of para-hydroxylation sites is 1. The molecule has 4 N–H and O–H groups in total. The first kappa shape index (κ1) is 21.0. The topological polar surface area (TPSA) is 82.3 Å². The second-order valence-electron chi connectivity index (χ2n) is 6.13. The van der Waals surface area contributed by atoms with Crippen LogP contribution in [0.25, 0.3) is 0 Å². The first-order valence-electron chi connectivity index (χ1n) is 8.54. The van der Waals surface area contributed by atoms with Crippen LogP contribution in [0, 0.1) is 0 Å². The zero-order valence-electron chi connectivity index (χ0n) is 14.6. The van der Waals surface area contributed by atoms with Gasteiger partial charge in [0.1, 0.15) is 0 Å². The Balaban J connectivity index is 0.00000261. The van der Waals surface area contributed by atoms with Gasteiger partial charge in [-0.05, 0) is 49.2 Å². The summed E-state index contributed by atoms with van der Waals surface area (Å²) in [6.45, 7) is 1.21. The normalized spacial score (nSPS) is 15.5. The predicted molar refractivity (Wildman–Crippen MR) is 111 cm³/mol. The molecular formula is C19H22Cl2N4O2. The molecule has 1 saturated heterocycles. The van der Waals surface area contributed by atoms with Crippen molar-refractivity contribution in [2.75, 3.05) is 17.2 Å². The van der Waals surface area contributed by atoms with Crippen LogP contribution in [0.2, 0.25) is 5.02 Å². The minimum absolute atomic E-state index is 0. The number of benzene rings is 2. The van der Waals surface area contributed by atoms with E-state index in [0.29, 0.717) is 17.3 Å². The van der Waals surface area contributed by atoms with Crippen molar-refractivity contribution in [1.29, 1.82) is 0 Å².